The second-order valence-corrected chi connectivity index (χ2v) is 6.07. The van der Waals surface area contributed by atoms with Gasteiger partial charge < -0.3 is 10.3 Å². The van der Waals surface area contributed by atoms with Gasteiger partial charge in [0, 0.05) is 12.0 Å². The highest BCUT2D eigenvalue weighted by atomic mass is 15.1. The van der Waals surface area contributed by atoms with Gasteiger partial charge in [-0.2, -0.15) is 0 Å². The maximum absolute atomic E-state index is 5.74. The molecular weight excluding hydrogens is 222 g/mol. The van der Waals surface area contributed by atoms with Gasteiger partial charge in [-0.05, 0) is 45.4 Å². The van der Waals surface area contributed by atoms with Crippen LogP contribution in [0.25, 0.3) is 11.0 Å². The Morgan fingerprint density at radius 2 is 1.94 bits per heavy atom. The summed E-state index contributed by atoms with van der Waals surface area (Å²) in [5.41, 5.74) is 8.07. The summed E-state index contributed by atoms with van der Waals surface area (Å²) in [5.74, 6) is 1.60. The number of hydrogen-bond donors (Lipinski definition) is 1. The fourth-order valence-electron chi connectivity index (χ4n) is 2.36. The minimum atomic E-state index is 0.0414. The highest BCUT2D eigenvalue weighted by Crippen LogP contribution is 2.26. The van der Waals surface area contributed by atoms with Crippen molar-refractivity contribution < 1.29 is 0 Å². The average Bonchev–Trinajstić information content (AvgIpc) is 2.65. The summed E-state index contributed by atoms with van der Waals surface area (Å²) in [7, 11) is 0. The van der Waals surface area contributed by atoms with E-state index in [0.29, 0.717) is 12.5 Å². The lowest BCUT2D eigenvalue weighted by Gasteiger charge is -2.25. The van der Waals surface area contributed by atoms with Gasteiger partial charge in [0.25, 0.3) is 0 Å². The van der Waals surface area contributed by atoms with E-state index in [4.69, 9.17) is 10.7 Å². The highest BCUT2D eigenvalue weighted by Gasteiger charge is 2.21. The lowest BCUT2D eigenvalue weighted by atomic mass is 10.0. The largest absolute Gasteiger partial charge is 0.330 e. The van der Waals surface area contributed by atoms with E-state index in [1.54, 1.807) is 0 Å². The lowest BCUT2D eigenvalue weighted by molar-refractivity contribution is 0.385. The summed E-state index contributed by atoms with van der Waals surface area (Å²) in [6.07, 6.45) is 0.933. The molecule has 3 nitrogen and oxygen atoms in total. The Labute approximate surface area is 109 Å². The smallest absolute Gasteiger partial charge is 0.110 e. The van der Waals surface area contributed by atoms with Crippen molar-refractivity contribution >= 4 is 11.0 Å². The molecule has 0 aliphatic carbocycles. The van der Waals surface area contributed by atoms with Gasteiger partial charge >= 0.3 is 0 Å². The predicted octanol–water partition coefficient (Wildman–Crippen LogP) is 2.93. The first-order chi connectivity index (χ1) is 8.43. The average molecular weight is 245 g/mol. The van der Waals surface area contributed by atoms with Crippen LogP contribution in [-0.2, 0) is 12.0 Å². The van der Waals surface area contributed by atoms with E-state index in [1.807, 2.05) is 6.07 Å². The summed E-state index contributed by atoms with van der Waals surface area (Å²) in [5, 5.41) is 0. The number of nitrogens with two attached hydrogens (primary N) is 1. The van der Waals surface area contributed by atoms with Crippen molar-refractivity contribution in [2.45, 2.75) is 39.7 Å². The maximum Gasteiger partial charge on any atom is 0.110 e. The van der Waals surface area contributed by atoms with Crippen molar-refractivity contribution in [2.24, 2.45) is 11.7 Å². The Kier molecular flexibility index (Phi) is 3.44. The number of rotatable bonds is 3. The molecule has 0 saturated heterocycles. The first-order valence-corrected chi connectivity index (χ1v) is 6.60. The molecule has 0 spiro atoms. The van der Waals surface area contributed by atoms with E-state index < -0.39 is 0 Å². The Balaban J connectivity index is 2.57. The summed E-state index contributed by atoms with van der Waals surface area (Å²) in [6, 6.07) is 8.33. The fraction of sp³-hybridized carbons (Fsp3) is 0.533. The maximum atomic E-state index is 5.74. The monoisotopic (exact) mass is 245 g/mol. The quantitative estimate of drug-likeness (QED) is 0.903. The van der Waals surface area contributed by atoms with E-state index in [2.05, 4.69) is 50.5 Å². The van der Waals surface area contributed by atoms with Crippen molar-refractivity contribution in [3.05, 3.63) is 30.1 Å². The molecule has 0 aliphatic heterocycles. The standard InChI is InChI=1S/C15H23N3/c1-11(10-16)9-14-17-12-7-5-6-8-13(12)18(14)15(2,3)4/h5-8,11H,9-10,16H2,1-4H3. The van der Waals surface area contributed by atoms with Crippen LogP contribution in [0.5, 0.6) is 0 Å². The van der Waals surface area contributed by atoms with Gasteiger partial charge in [0.15, 0.2) is 0 Å². The summed E-state index contributed by atoms with van der Waals surface area (Å²) >= 11 is 0. The van der Waals surface area contributed by atoms with Crippen molar-refractivity contribution in [1.29, 1.82) is 0 Å². The van der Waals surface area contributed by atoms with E-state index in [9.17, 15) is 0 Å². The zero-order valence-electron chi connectivity index (χ0n) is 11.8. The number of fused-ring (bicyclic) bond motifs is 1. The minimum Gasteiger partial charge on any atom is -0.330 e. The predicted molar refractivity (Wildman–Crippen MR) is 76.7 cm³/mol. The van der Waals surface area contributed by atoms with Crippen LogP contribution in [0.4, 0.5) is 0 Å². The molecule has 2 aromatic rings. The van der Waals surface area contributed by atoms with Gasteiger partial charge in [-0.1, -0.05) is 19.1 Å². The van der Waals surface area contributed by atoms with Crippen molar-refractivity contribution in [3.63, 3.8) is 0 Å². The highest BCUT2D eigenvalue weighted by molar-refractivity contribution is 5.76. The van der Waals surface area contributed by atoms with Gasteiger partial charge in [0.05, 0.1) is 11.0 Å². The molecule has 1 heterocycles. The number of nitrogens with zero attached hydrogens (tertiary/aromatic N) is 2. The molecule has 1 atom stereocenters. The van der Waals surface area contributed by atoms with Crippen molar-refractivity contribution in [2.75, 3.05) is 6.54 Å². The SMILES string of the molecule is CC(CN)Cc1nc2ccccc2n1C(C)(C)C. The van der Waals surface area contributed by atoms with Gasteiger partial charge in [-0.15, -0.1) is 0 Å². The number of hydrogen-bond acceptors (Lipinski definition) is 2. The molecule has 0 aliphatic rings. The van der Waals surface area contributed by atoms with Crippen LogP contribution < -0.4 is 5.73 Å². The second-order valence-electron chi connectivity index (χ2n) is 6.07. The van der Waals surface area contributed by atoms with E-state index >= 15 is 0 Å². The van der Waals surface area contributed by atoms with E-state index in [1.165, 1.54) is 5.52 Å². The number of benzene rings is 1. The van der Waals surface area contributed by atoms with Crippen LogP contribution >= 0.6 is 0 Å². The van der Waals surface area contributed by atoms with Crippen LogP contribution in [0.2, 0.25) is 0 Å². The molecular formula is C15H23N3. The zero-order chi connectivity index (χ0) is 13.3. The van der Waals surface area contributed by atoms with Gasteiger partial charge in [0.1, 0.15) is 5.82 Å². The van der Waals surface area contributed by atoms with E-state index in [-0.39, 0.29) is 5.54 Å². The van der Waals surface area contributed by atoms with Gasteiger partial charge in [0.2, 0.25) is 0 Å². The molecule has 2 N–H and O–H groups in total. The molecule has 0 radical (unpaired) electrons. The molecule has 18 heavy (non-hydrogen) atoms. The molecule has 1 aromatic carbocycles. The summed E-state index contributed by atoms with van der Waals surface area (Å²) in [6.45, 7) is 9.53. The Morgan fingerprint density at radius 3 is 2.56 bits per heavy atom. The molecule has 98 valence electrons. The fourth-order valence-corrected chi connectivity index (χ4v) is 2.36. The lowest BCUT2D eigenvalue weighted by Crippen LogP contribution is -2.26. The number of para-hydroxylation sites is 2. The molecule has 0 bridgehead atoms. The third-order valence-electron chi connectivity index (χ3n) is 3.23. The molecule has 1 unspecified atom stereocenters. The third-order valence-corrected chi connectivity index (χ3v) is 3.23. The summed E-state index contributed by atoms with van der Waals surface area (Å²) in [4.78, 5) is 4.77. The summed E-state index contributed by atoms with van der Waals surface area (Å²) < 4.78 is 2.34. The van der Waals surface area contributed by atoms with Crippen LogP contribution in [0, 0.1) is 5.92 Å². The van der Waals surface area contributed by atoms with Crippen LogP contribution in [0.3, 0.4) is 0 Å². The Morgan fingerprint density at radius 1 is 1.28 bits per heavy atom. The number of imidazole rings is 1. The number of aromatic nitrogens is 2. The first kappa shape index (κ1) is 13.1. The molecule has 0 fully saturated rings. The van der Waals surface area contributed by atoms with Crippen molar-refractivity contribution in [3.8, 4) is 0 Å². The molecule has 0 saturated carbocycles. The molecule has 0 amide bonds. The first-order valence-electron chi connectivity index (χ1n) is 6.60. The van der Waals surface area contributed by atoms with Crippen LogP contribution in [0.15, 0.2) is 24.3 Å². The van der Waals surface area contributed by atoms with Crippen molar-refractivity contribution in [1.82, 2.24) is 9.55 Å². The van der Waals surface area contributed by atoms with Gasteiger partial charge in [-0.3, -0.25) is 0 Å². The minimum absolute atomic E-state index is 0.0414. The zero-order valence-corrected chi connectivity index (χ0v) is 11.8. The molecule has 1 aromatic heterocycles. The molecule has 2 rings (SSSR count). The Bertz CT molecular complexity index is 534. The van der Waals surface area contributed by atoms with Crippen LogP contribution in [-0.4, -0.2) is 16.1 Å². The van der Waals surface area contributed by atoms with Crippen LogP contribution in [0.1, 0.15) is 33.5 Å². The topological polar surface area (TPSA) is 43.8 Å². The normalized spacial score (nSPS) is 14.1. The third kappa shape index (κ3) is 2.41. The van der Waals surface area contributed by atoms with E-state index in [0.717, 1.165) is 17.8 Å². The molecule has 3 heteroatoms. The van der Waals surface area contributed by atoms with Gasteiger partial charge in [-0.25, -0.2) is 4.98 Å². The second kappa shape index (κ2) is 4.73. The Hall–Kier alpha value is -1.35.